The van der Waals surface area contributed by atoms with Crippen molar-refractivity contribution in [2.75, 3.05) is 0 Å². The van der Waals surface area contributed by atoms with E-state index in [4.69, 9.17) is 11.6 Å². The first-order valence-corrected chi connectivity index (χ1v) is 5.91. The Kier molecular flexibility index (Phi) is 2.94. The molecule has 78 valence electrons. The molecule has 0 aliphatic rings. The molecule has 0 atom stereocenters. The largest absolute Gasteiger partial charge is 0.233 e. The van der Waals surface area contributed by atoms with E-state index in [1.807, 2.05) is 19.1 Å². The van der Waals surface area contributed by atoms with Crippen molar-refractivity contribution in [3.05, 3.63) is 33.0 Å². The molecule has 0 saturated heterocycles. The third-order valence-electron chi connectivity index (χ3n) is 2.29. The van der Waals surface area contributed by atoms with Crippen molar-refractivity contribution in [1.29, 1.82) is 0 Å². The summed E-state index contributed by atoms with van der Waals surface area (Å²) in [6.45, 7) is 3.99. The van der Waals surface area contributed by atoms with Crippen LogP contribution in [0, 0.1) is 6.92 Å². The predicted octanol–water partition coefficient (Wildman–Crippen LogP) is 3.92. The Labute approximate surface area is 102 Å². The van der Waals surface area contributed by atoms with E-state index < -0.39 is 0 Å². The Morgan fingerprint density at radius 3 is 2.73 bits per heavy atom. The van der Waals surface area contributed by atoms with E-state index in [0.717, 1.165) is 33.3 Å². The van der Waals surface area contributed by atoms with E-state index >= 15 is 0 Å². The zero-order valence-corrected chi connectivity index (χ0v) is 10.9. The zero-order valence-electron chi connectivity index (χ0n) is 8.51. The van der Waals surface area contributed by atoms with E-state index in [-0.39, 0.29) is 0 Å². The van der Waals surface area contributed by atoms with Crippen molar-refractivity contribution >= 4 is 38.6 Å². The van der Waals surface area contributed by atoms with Crippen molar-refractivity contribution < 1.29 is 0 Å². The number of aromatic nitrogens is 2. The summed E-state index contributed by atoms with van der Waals surface area (Å²) >= 11 is 9.60. The van der Waals surface area contributed by atoms with Crippen LogP contribution in [0.15, 0.2) is 16.6 Å². The monoisotopic (exact) mass is 284 g/mol. The molecule has 0 N–H and O–H groups in total. The highest BCUT2D eigenvalue weighted by molar-refractivity contribution is 9.10. The van der Waals surface area contributed by atoms with E-state index in [0.29, 0.717) is 5.02 Å². The van der Waals surface area contributed by atoms with E-state index in [1.165, 1.54) is 0 Å². The number of halogens is 2. The highest BCUT2D eigenvalue weighted by Crippen LogP contribution is 2.26. The molecule has 2 aromatic rings. The van der Waals surface area contributed by atoms with Gasteiger partial charge in [-0.15, -0.1) is 0 Å². The predicted molar refractivity (Wildman–Crippen MR) is 66.4 cm³/mol. The molecular formula is C11H10BrClN2. The van der Waals surface area contributed by atoms with Gasteiger partial charge < -0.3 is 0 Å². The van der Waals surface area contributed by atoms with Crippen LogP contribution in [-0.4, -0.2) is 9.97 Å². The van der Waals surface area contributed by atoms with Crippen LogP contribution in [0.3, 0.4) is 0 Å². The summed E-state index contributed by atoms with van der Waals surface area (Å²) in [6, 6.07) is 3.86. The van der Waals surface area contributed by atoms with Gasteiger partial charge in [-0.25, -0.2) is 9.97 Å². The van der Waals surface area contributed by atoms with Gasteiger partial charge in [-0.1, -0.05) is 18.5 Å². The Morgan fingerprint density at radius 1 is 1.33 bits per heavy atom. The van der Waals surface area contributed by atoms with Crippen LogP contribution in [-0.2, 0) is 6.42 Å². The lowest BCUT2D eigenvalue weighted by Gasteiger charge is -2.05. The molecule has 15 heavy (non-hydrogen) atoms. The second kappa shape index (κ2) is 4.06. The van der Waals surface area contributed by atoms with Crippen molar-refractivity contribution in [1.82, 2.24) is 9.97 Å². The second-order valence-electron chi connectivity index (χ2n) is 3.38. The van der Waals surface area contributed by atoms with Crippen LogP contribution < -0.4 is 0 Å². The van der Waals surface area contributed by atoms with Crippen LogP contribution in [0.4, 0.5) is 0 Å². The van der Waals surface area contributed by atoms with Gasteiger partial charge in [0.05, 0.1) is 10.7 Å². The highest BCUT2D eigenvalue weighted by atomic mass is 79.9. The number of aryl methyl sites for hydroxylation is 2. The molecule has 0 radical (unpaired) electrons. The third-order valence-corrected chi connectivity index (χ3v) is 3.41. The molecule has 0 fully saturated rings. The van der Waals surface area contributed by atoms with Gasteiger partial charge in [0.15, 0.2) is 5.65 Å². The number of pyridine rings is 2. The third kappa shape index (κ3) is 1.99. The molecular weight excluding hydrogens is 275 g/mol. The average Bonchev–Trinajstić information content (AvgIpc) is 2.21. The van der Waals surface area contributed by atoms with Crippen molar-refractivity contribution in [2.45, 2.75) is 20.3 Å². The minimum absolute atomic E-state index is 0.713. The number of hydrogen-bond donors (Lipinski definition) is 0. The lowest BCUT2D eigenvalue weighted by atomic mass is 10.2. The zero-order chi connectivity index (χ0) is 11.0. The molecule has 0 bridgehead atoms. The summed E-state index contributed by atoms with van der Waals surface area (Å²) in [5.74, 6) is 0. The van der Waals surface area contributed by atoms with Crippen LogP contribution in [0.25, 0.3) is 11.0 Å². The first-order valence-electron chi connectivity index (χ1n) is 4.74. The first kappa shape index (κ1) is 10.8. The van der Waals surface area contributed by atoms with Gasteiger partial charge in [-0.3, -0.25) is 0 Å². The summed E-state index contributed by atoms with van der Waals surface area (Å²) in [7, 11) is 0. The van der Waals surface area contributed by atoms with Crippen LogP contribution >= 0.6 is 27.5 Å². The summed E-state index contributed by atoms with van der Waals surface area (Å²) in [5.41, 5.74) is 2.63. The standard InChI is InChI=1S/C11H10BrClN2/c1-3-7-4-10(13)8-5-9(12)6(2)14-11(8)15-7/h4-5H,3H2,1-2H3. The molecule has 4 heteroatoms. The molecule has 2 aromatic heterocycles. The maximum atomic E-state index is 6.16. The van der Waals surface area contributed by atoms with Gasteiger partial charge in [0, 0.05) is 15.6 Å². The Bertz CT molecular complexity index is 525. The topological polar surface area (TPSA) is 25.8 Å². The minimum Gasteiger partial charge on any atom is -0.233 e. The number of nitrogens with zero attached hydrogens (tertiary/aromatic N) is 2. The summed E-state index contributed by atoms with van der Waals surface area (Å²) < 4.78 is 0.961. The SMILES string of the molecule is CCc1cc(Cl)c2cc(Br)c(C)nc2n1. The summed E-state index contributed by atoms with van der Waals surface area (Å²) in [6.07, 6.45) is 0.868. The fourth-order valence-electron chi connectivity index (χ4n) is 1.40. The lowest BCUT2D eigenvalue weighted by molar-refractivity contribution is 1.04. The van der Waals surface area contributed by atoms with Gasteiger partial charge >= 0.3 is 0 Å². The summed E-state index contributed by atoms with van der Waals surface area (Å²) in [4.78, 5) is 8.84. The molecule has 0 aliphatic heterocycles. The number of hydrogen-bond acceptors (Lipinski definition) is 2. The van der Waals surface area contributed by atoms with Gasteiger partial charge in [0.1, 0.15) is 0 Å². The molecule has 2 rings (SSSR count). The van der Waals surface area contributed by atoms with Crippen LogP contribution in [0.1, 0.15) is 18.3 Å². The average molecular weight is 286 g/mol. The van der Waals surface area contributed by atoms with E-state index in [9.17, 15) is 0 Å². The van der Waals surface area contributed by atoms with E-state index in [1.54, 1.807) is 0 Å². The molecule has 0 unspecified atom stereocenters. The number of fused-ring (bicyclic) bond motifs is 1. The highest BCUT2D eigenvalue weighted by Gasteiger charge is 2.07. The fraction of sp³-hybridized carbons (Fsp3) is 0.273. The lowest BCUT2D eigenvalue weighted by Crippen LogP contribution is -1.93. The molecule has 0 saturated carbocycles. The van der Waals surface area contributed by atoms with Gasteiger partial charge in [0.2, 0.25) is 0 Å². The quantitative estimate of drug-likeness (QED) is 0.794. The Morgan fingerprint density at radius 2 is 2.07 bits per heavy atom. The van der Waals surface area contributed by atoms with Crippen molar-refractivity contribution in [3.8, 4) is 0 Å². The molecule has 0 aromatic carbocycles. The Hall–Kier alpha value is -0.670. The second-order valence-corrected chi connectivity index (χ2v) is 4.64. The molecule has 2 nitrogen and oxygen atoms in total. The molecule has 0 spiro atoms. The van der Waals surface area contributed by atoms with Crippen molar-refractivity contribution in [2.24, 2.45) is 0 Å². The first-order chi connectivity index (χ1) is 7.11. The fourth-order valence-corrected chi connectivity index (χ4v) is 1.99. The number of rotatable bonds is 1. The van der Waals surface area contributed by atoms with Gasteiger partial charge in [-0.05, 0) is 41.4 Å². The maximum absolute atomic E-state index is 6.16. The minimum atomic E-state index is 0.713. The Balaban J connectivity index is 2.80. The smallest absolute Gasteiger partial charge is 0.161 e. The summed E-state index contributed by atoms with van der Waals surface area (Å²) in [5, 5.41) is 1.61. The molecule has 2 heterocycles. The van der Waals surface area contributed by atoms with Gasteiger partial charge in [0.25, 0.3) is 0 Å². The van der Waals surface area contributed by atoms with E-state index in [2.05, 4.69) is 32.8 Å². The van der Waals surface area contributed by atoms with Crippen molar-refractivity contribution in [3.63, 3.8) is 0 Å². The van der Waals surface area contributed by atoms with Crippen LogP contribution in [0.2, 0.25) is 5.02 Å². The molecule has 0 amide bonds. The normalized spacial score (nSPS) is 10.9. The maximum Gasteiger partial charge on any atom is 0.161 e. The van der Waals surface area contributed by atoms with Crippen LogP contribution in [0.5, 0.6) is 0 Å². The van der Waals surface area contributed by atoms with Gasteiger partial charge in [-0.2, -0.15) is 0 Å². The molecule has 0 aliphatic carbocycles.